The molecule has 0 amide bonds. The second kappa shape index (κ2) is 7.27. The third-order valence-electron chi connectivity index (χ3n) is 2.74. The SMILES string of the molecule is CCCOc1ccccc1Oc1c(F)cc(CCl)cc1F. The van der Waals surface area contributed by atoms with E-state index in [-0.39, 0.29) is 11.6 Å². The molecule has 0 fully saturated rings. The van der Waals surface area contributed by atoms with Gasteiger partial charge in [-0.3, -0.25) is 0 Å². The summed E-state index contributed by atoms with van der Waals surface area (Å²) in [5.74, 6) is -1.31. The van der Waals surface area contributed by atoms with Crippen LogP contribution < -0.4 is 9.47 Å². The molecule has 2 nitrogen and oxygen atoms in total. The molecule has 0 saturated heterocycles. The lowest BCUT2D eigenvalue weighted by Crippen LogP contribution is -1.99. The van der Waals surface area contributed by atoms with Crippen LogP contribution in [-0.2, 0) is 5.88 Å². The van der Waals surface area contributed by atoms with Crippen molar-refractivity contribution in [3.05, 3.63) is 53.6 Å². The number of rotatable bonds is 6. The zero-order valence-electron chi connectivity index (χ0n) is 11.5. The minimum atomic E-state index is -0.795. The molecule has 2 aromatic carbocycles. The Bertz CT molecular complexity index is 594. The van der Waals surface area contributed by atoms with E-state index in [1.165, 1.54) is 0 Å². The summed E-state index contributed by atoms with van der Waals surface area (Å²) in [7, 11) is 0. The Morgan fingerprint density at radius 3 is 2.24 bits per heavy atom. The van der Waals surface area contributed by atoms with Crippen molar-refractivity contribution < 1.29 is 18.3 Å². The lowest BCUT2D eigenvalue weighted by Gasteiger charge is -2.13. The molecule has 2 rings (SSSR count). The average molecular weight is 313 g/mol. The molecule has 0 aromatic heterocycles. The Morgan fingerprint density at radius 2 is 1.67 bits per heavy atom. The minimum absolute atomic E-state index is 0.0321. The van der Waals surface area contributed by atoms with Gasteiger partial charge in [-0.25, -0.2) is 8.78 Å². The largest absolute Gasteiger partial charge is 0.490 e. The summed E-state index contributed by atoms with van der Waals surface area (Å²) in [6.45, 7) is 2.46. The van der Waals surface area contributed by atoms with E-state index in [2.05, 4.69) is 0 Å². The normalized spacial score (nSPS) is 10.5. The Balaban J connectivity index is 2.30. The van der Waals surface area contributed by atoms with E-state index in [1.54, 1.807) is 24.3 Å². The molecule has 0 aliphatic rings. The standard InChI is InChI=1S/C16H15ClF2O2/c1-2-7-20-14-5-3-4-6-15(14)21-16-12(18)8-11(10-17)9-13(16)19/h3-6,8-9H,2,7,10H2,1H3. The highest BCUT2D eigenvalue weighted by molar-refractivity contribution is 6.17. The molecular formula is C16H15ClF2O2. The molecule has 0 N–H and O–H groups in total. The highest BCUT2D eigenvalue weighted by Gasteiger charge is 2.15. The summed E-state index contributed by atoms with van der Waals surface area (Å²) in [6, 6.07) is 9.06. The van der Waals surface area contributed by atoms with Crippen LogP contribution in [0.15, 0.2) is 36.4 Å². The molecule has 0 bridgehead atoms. The smallest absolute Gasteiger partial charge is 0.198 e. The fourth-order valence-electron chi connectivity index (χ4n) is 1.76. The number of alkyl halides is 1. The molecule has 5 heteroatoms. The predicted octanol–water partition coefficient (Wildman–Crippen LogP) is 5.28. The van der Waals surface area contributed by atoms with E-state index in [0.29, 0.717) is 17.9 Å². The zero-order valence-corrected chi connectivity index (χ0v) is 12.3. The fraction of sp³-hybridized carbons (Fsp3) is 0.250. The van der Waals surface area contributed by atoms with E-state index in [1.807, 2.05) is 6.92 Å². The first kappa shape index (κ1) is 15.6. The van der Waals surface area contributed by atoms with Gasteiger partial charge in [0.25, 0.3) is 0 Å². The summed E-state index contributed by atoms with van der Waals surface area (Å²) >= 11 is 5.57. The van der Waals surface area contributed by atoms with Crippen molar-refractivity contribution in [2.24, 2.45) is 0 Å². The lowest BCUT2D eigenvalue weighted by atomic mass is 10.2. The van der Waals surface area contributed by atoms with Crippen molar-refractivity contribution in [3.63, 3.8) is 0 Å². The van der Waals surface area contributed by atoms with Gasteiger partial charge in [-0.1, -0.05) is 19.1 Å². The first-order valence-corrected chi connectivity index (χ1v) is 7.12. The maximum Gasteiger partial charge on any atom is 0.198 e. The van der Waals surface area contributed by atoms with Crippen molar-refractivity contribution in [2.75, 3.05) is 6.61 Å². The van der Waals surface area contributed by atoms with Crippen LogP contribution in [0.25, 0.3) is 0 Å². The third kappa shape index (κ3) is 3.85. The first-order chi connectivity index (χ1) is 10.2. The number of benzene rings is 2. The molecule has 0 unspecified atom stereocenters. The molecule has 0 heterocycles. The van der Waals surface area contributed by atoms with E-state index < -0.39 is 17.4 Å². The van der Waals surface area contributed by atoms with Gasteiger partial charge in [-0.15, -0.1) is 11.6 Å². The molecule has 0 aliphatic carbocycles. The molecule has 0 radical (unpaired) electrons. The van der Waals surface area contributed by atoms with Gasteiger partial charge in [0.05, 0.1) is 6.61 Å². The second-order valence-corrected chi connectivity index (χ2v) is 4.69. The van der Waals surface area contributed by atoms with Crippen LogP contribution in [0.2, 0.25) is 0 Å². The summed E-state index contributed by atoms with van der Waals surface area (Å²) < 4.78 is 38.6. The number of ether oxygens (including phenoxy) is 2. The molecule has 0 aliphatic heterocycles. The number of hydrogen-bond donors (Lipinski definition) is 0. The minimum Gasteiger partial charge on any atom is -0.490 e. The van der Waals surface area contributed by atoms with Crippen LogP contribution >= 0.6 is 11.6 Å². The number of para-hydroxylation sites is 2. The van der Waals surface area contributed by atoms with Gasteiger partial charge in [0.15, 0.2) is 28.9 Å². The molecular weight excluding hydrogens is 298 g/mol. The van der Waals surface area contributed by atoms with E-state index in [0.717, 1.165) is 18.6 Å². The Labute approximate surface area is 127 Å². The zero-order chi connectivity index (χ0) is 15.2. The van der Waals surface area contributed by atoms with Gasteiger partial charge < -0.3 is 9.47 Å². The average Bonchev–Trinajstić information content (AvgIpc) is 2.49. The Kier molecular flexibility index (Phi) is 5.39. The van der Waals surface area contributed by atoms with Crippen LogP contribution in [-0.4, -0.2) is 6.61 Å². The van der Waals surface area contributed by atoms with Crippen LogP contribution in [0.3, 0.4) is 0 Å². The van der Waals surface area contributed by atoms with Crippen LogP contribution in [0, 0.1) is 11.6 Å². The first-order valence-electron chi connectivity index (χ1n) is 6.59. The lowest BCUT2D eigenvalue weighted by molar-refractivity contribution is 0.298. The van der Waals surface area contributed by atoms with Crippen LogP contribution in [0.5, 0.6) is 17.2 Å². The van der Waals surface area contributed by atoms with Crippen molar-refractivity contribution >= 4 is 11.6 Å². The third-order valence-corrected chi connectivity index (χ3v) is 3.04. The van der Waals surface area contributed by atoms with Gasteiger partial charge in [0.2, 0.25) is 0 Å². The highest BCUT2D eigenvalue weighted by atomic mass is 35.5. The fourth-order valence-corrected chi connectivity index (χ4v) is 1.92. The quantitative estimate of drug-likeness (QED) is 0.675. The monoisotopic (exact) mass is 312 g/mol. The topological polar surface area (TPSA) is 18.5 Å². The number of hydrogen-bond acceptors (Lipinski definition) is 2. The highest BCUT2D eigenvalue weighted by Crippen LogP contribution is 2.34. The maximum atomic E-state index is 13.9. The van der Waals surface area contributed by atoms with Crippen LogP contribution in [0.1, 0.15) is 18.9 Å². The Hall–Kier alpha value is -1.81. The van der Waals surface area contributed by atoms with Crippen molar-refractivity contribution in [1.82, 2.24) is 0 Å². The predicted molar refractivity (Wildman–Crippen MR) is 78.2 cm³/mol. The molecule has 21 heavy (non-hydrogen) atoms. The Morgan fingerprint density at radius 1 is 1.05 bits per heavy atom. The van der Waals surface area contributed by atoms with Crippen LogP contribution in [0.4, 0.5) is 8.78 Å². The summed E-state index contributed by atoms with van der Waals surface area (Å²) in [6.07, 6.45) is 0.821. The van der Waals surface area contributed by atoms with Crippen molar-refractivity contribution in [3.8, 4) is 17.2 Å². The maximum absolute atomic E-state index is 13.9. The van der Waals surface area contributed by atoms with Gasteiger partial charge in [0.1, 0.15) is 0 Å². The van der Waals surface area contributed by atoms with E-state index >= 15 is 0 Å². The second-order valence-electron chi connectivity index (χ2n) is 4.42. The van der Waals surface area contributed by atoms with E-state index in [4.69, 9.17) is 21.1 Å². The summed E-state index contributed by atoms with van der Waals surface area (Å²) in [4.78, 5) is 0. The van der Waals surface area contributed by atoms with Gasteiger partial charge in [0, 0.05) is 5.88 Å². The summed E-state index contributed by atoms with van der Waals surface area (Å²) in [5, 5.41) is 0. The molecule has 2 aromatic rings. The summed E-state index contributed by atoms with van der Waals surface area (Å²) in [5.41, 5.74) is 0.356. The van der Waals surface area contributed by atoms with E-state index in [9.17, 15) is 8.78 Å². The molecule has 0 atom stereocenters. The molecule has 0 saturated carbocycles. The molecule has 0 spiro atoms. The molecule has 112 valence electrons. The number of halogens is 3. The van der Waals surface area contributed by atoms with Gasteiger partial charge >= 0.3 is 0 Å². The van der Waals surface area contributed by atoms with Gasteiger partial charge in [-0.2, -0.15) is 0 Å². The van der Waals surface area contributed by atoms with Crippen molar-refractivity contribution in [1.29, 1.82) is 0 Å². The van der Waals surface area contributed by atoms with Crippen molar-refractivity contribution in [2.45, 2.75) is 19.2 Å². The van der Waals surface area contributed by atoms with Gasteiger partial charge in [-0.05, 0) is 36.2 Å².